The van der Waals surface area contributed by atoms with Gasteiger partial charge >= 0.3 is 0 Å². The molecule has 0 aromatic heterocycles. The number of rotatable bonds is 4. The summed E-state index contributed by atoms with van der Waals surface area (Å²) in [5.74, 6) is 0.629. The van der Waals surface area contributed by atoms with Gasteiger partial charge in [0.2, 0.25) is 0 Å². The highest BCUT2D eigenvalue weighted by atomic mass is 14.1. The summed E-state index contributed by atoms with van der Waals surface area (Å²) in [6.07, 6.45) is 8.50. The maximum atomic E-state index is 3.27. The molecule has 0 saturated heterocycles. The van der Waals surface area contributed by atoms with E-state index in [0.717, 1.165) is 6.42 Å². The van der Waals surface area contributed by atoms with Crippen LogP contribution < -0.4 is 0 Å². The third-order valence-corrected chi connectivity index (χ3v) is 2.89. The molecule has 1 aliphatic carbocycles. The minimum absolute atomic E-state index is 0.629. The Balaban J connectivity index is 2.11. The van der Waals surface area contributed by atoms with Gasteiger partial charge in [0.1, 0.15) is 0 Å². The Bertz CT molecular complexity index is 403. The van der Waals surface area contributed by atoms with Gasteiger partial charge in [-0.25, -0.2) is 0 Å². The summed E-state index contributed by atoms with van der Waals surface area (Å²) in [6.45, 7) is 2.25. The second kappa shape index (κ2) is 4.82. The van der Waals surface area contributed by atoms with Crippen molar-refractivity contribution < 1.29 is 0 Å². The summed E-state index contributed by atoms with van der Waals surface area (Å²) >= 11 is 0. The second-order valence-electron chi connectivity index (χ2n) is 3.92. The van der Waals surface area contributed by atoms with Crippen LogP contribution in [0.5, 0.6) is 0 Å². The fourth-order valence-corrected chi connectivity index (χ4v) is 1.98. The first-order valence-corrected chi connectivity index (χ1v) is 5.57. The van der Waals surface area contributed by atoms with Crippen molar-refractivity contribution in [3.63, 3.8) is 0 Å². The van der Waals surface area contributed by atoms with Crippen molar-refractivity contribution >= 4 is 0 Å². The molecule has 0 spiro atoms. The molecule has 0 amide bonds. The molecule has 76 valence electrons. The average molecular weight is 196 g/mol. The largest absolute Gasteiger partial charge is 0.117 e. The van der Waals surface area contributed by atoms with Crippen LogP contribution in [0.2, 0.25) is 0 Å². The van der Waals surface area contributed by atoms with E-state index in [1.54, 1.807) is 0 Å². The third-order valence-electron chi connectivity index (χ3n) is 2.89. The zero-order valence-corrected chi connectivity index (χ0v) is 9.11. The Kier molecular flexibility index (Phi) is 3.22. The van der Waals surface area contributed by atoms with E-state index < -0.39 is 0 Å². The molecule has 0 N–H and O–H groups in total. The van der Waals surface area contributed by atoms with E-state index in [1.165, 1.54) is 17.6 Å². The molecule has 1 aromatic rings. The molecule has 0 radical (unpaired) electrons. The molecule has 0 saturated carbocycles. The summed E-state index contributed by atoms with van der Waals surface area (Å²) in [4.78, 5) is 0. The lowest BCUT2D eigenvalue weighted by atomic mass is 9.90. The Morgan fingerprint density at radius 1 is 1.20 bits per heavy atom. The van der Waals surface area contributed by atoms with Crippen LogP contribution in [0.15, 0.2) is 59.9 Å². The summed E-state index contributed by atoms with van der Waals surface area (Å²) < 4.78 is 0. The second-order valence-corrected chi connectivity index (χ2v) is 3.92. The van der Waals surface area contributed by atoms with E-state index in [9.17, 15) is 0 Å². The van der Waals surface area contributed by atoms with Crippen molar-refractivity contribution in [1.82, 2.24) is 0 Å². The van der Waals surface area contributed by atoms with Crippen LogP contribution in [-0.4, -0.2) is 0 Å². The molecule has 1 atom stereocenters. The van der Waals surface area contributed by atoms with Gasteiger partial charge in [-0.1, -0.05) is 49.4 Å². The highest BCUT2D eigenvalue weighted by molar-refractivity contribution is 5.31. The van der Waals surface area contributed by atoms with Gasteiger partial charge in [0, 0.05) is 0 Å². The first-order valence-electron chi connectivity index (χ1n) is 5.57. The molecule has 1 aliphatic rings. The topological polar surface area (TPSA) is 0 Å². The van der Waals surface area contributed by atoms with Crippen LogP contribution in [0.1, 0.15) is 31.2 Å². The molecule has 2 rings (SSSR count). The van der Waals surface area contributed by atoms with Crippen molar-refractivity contribution in [3.8, 4) is 0 Å². The zero-order valence-electron chi connectivity index (χ0n) is 9.11. The van der Waals surface area contributed by atoms with Crippen LogP contribution in [-0.2, 0) is 0 Å². The molecule has 15 heavy (non-hydrogen) atoms. The quantitative estimate of drug-likeness (QED) is 0.632. The van der Waals surface area contributed by atoms with Crippen molar-refractivity contribution in [1.29, 1.82) is 0 Å². The van der Waals surface area contributed by atoms with Gasteiger partial charge < -0.3 is 0 Å². The monoisotopic (exact) mass is 196 g/mol. The standard InChI is InChI=1S/C15H16/c1-2-14(12-13-8-6-7-9-13)15-10-4-3-5-11-15/h3-8,10-11,14H,2,12H2,1H3/t14-/m1/s1. The van der Waals surface area contributed by atoms with Crippen molar-refractivity contribution in [2.75, 3.05) is 0 Å². The minimum atomic E-state index is 0.629. The lowest BCUT2D eigenvalue weighted by molar-refractivity contribution is 0.663. The lowest BCUT2D eigenvalue weighted by Crippen LogP contribution is -1.97. The van der Waals surface area contributed by atoms with Crippen LogP contribution in [0.3, 0.4) is 0 Å². The molecule has 0 aliphatic heterocycles. The molecule has 0 heterocycles. The van der Waals surface area contributed by atoms with E-state index in [1.807, 2.05) is 6.08 Å². The van der Waals surface area contributed by atoms with Gasteiger partial charge in [0.15, 0.2) is 0 Å². The number of hydrogen-bond donors (Lipinski definition) is 0. The van der Waals surface area contributed by atoms with E-state index in [0.29, 0.717) is 5.92 Å². The van der Waals surface area contributed by atoms with Gasteiger partial charge in [-0.05, 0) is 36.0 Å². The maximum absolute atomic E-state index is 3.27. The zero-order chi connectivity index (χ0) is 10.5. The molecular formula is C15H16. The Morgan fingerprint density at radius 3 is 2.60 bits per heavy atom. The number of allylic oxidation sites excluding steroid dienone is 3. The van der Waals surface area contributed by atoms with E-state index in [2.05, 4.69) is 55.1 Å². The van der Waals surface area contributed by atoms with Gasteiger partial charge in [0.25, 0.3) is 0 Å². The fourth-order valence-electron chi connectivity index (χ4n) is 1.98. The van der Waals surface area contributed by atoms with E-state index >= 15 is 0 Å². The molecule has 1 aromatic carbocycles. The predicted molar refractivity (Wildman–Crippen MR) is 64.8 cm³/mol. The number of benzene rings is 1. The fraction of sp³-hybridized carbons (Fsp3) is 0.267. The predicted octanol–water partition coefficient (Wildman–Crippen LogP) is 4.22. The normalized spacial score (nSPS) is 15.4. The van der Waals surface area contributed by atoms with Gasteiger partial charge in [0.05, 0.1) is 0 Å². The molecule has 0 unspecified atom stereocenters. The minimum Gasteiger partial charge on any atom is -0.117 e. The summed E-state index contributed by atoms with van der Waals surface area (Å²) in [5.41, 5.74) is 6.04. The van der Waals surface area contributed by atoms with Gasteiger partial charge in [-0.3, -0.25) is 0 Å². The number of hydrogen-bond acceptors (Lipinski definition) is 0. The van der Waals surface area contributed by atoms with Crippen LogP contribution in [0.25, 0.3) is 0 Å². The molecular weight excluding hydrogens is 180 g/mol. The molecule has 0 fully saturated rings. The Labute approximate surface area is 91.6 Å². The third kappa shape index (κ3) is 2.49. The Hall–Kier alpha value is -1.52. The van der Waals surface area contributed by atoms with E-state index in [4.69, 9.17) is 0 Å². The average Bonchev–Trinajstić information content (AvgIpc) is 2.80. The first-order chi connectivity index (χ1) is 7.40. The summed E-state index contributed by atoms with van der Waals surface area (Å²) in [5, 5.41) is 0. The maximum Gasteiger partial charge on any atom is -0.00541 e. The Morgan fingerprint density at radius 2 is 2.00 bits per heavy atom. The van der Waals surface area contributed by atoms with Gasteiger partial charge in [-0.2, -0.15) is 0 Å². The van der Waals surface area contributed by atoms with E-state index in [-0.39, 0.29) is 0 Å². The van der Waals surface area contributed by atoms with Crippen LogP contribution >= 0.6 is 0 Å². The van der Waals surface area contributed by atoms with Crippen LogP contribution in [0, 0.1) is 0 Å². The van der Waals surface area contributed by atoms with Crippen molar-refractivity contribution in [3.05, 3.63) is 65.4 Å². The SMILES string of the molecule is CC[C@H](CC1=C=CC=C1)c1ccccc1. The smallest absolute Gasteiger partial charge is 0.00541 e. The highest BCUT2D eigenvalue weighted by Gasteiger charge is 2.10. The van der Waals surface area contributed by atoms with Crippen LogP contribution in [0.4, 0.5) is 0 Å². The van der Waals surface area contributed by atoms with Crippen molar-refractivity contribution in [2.24, 2.45) is 0 Å². The lowest BCUT2D eigenvalue weighted by Gasteiger charge is -2.14. The highest BCUT2D eigenvalue weighted by Crippen LogP contribution is 2.27. The van der Waals surface area contributed by atoms with Gasteiger partial charge in [-0.15, -0.1) is 5.73 Å². The molecule has 0 heteroatoms. The summed E-state index contributed by atoms with van der Waals surface area (Å²) in [7, 11) is 0. The molecule has 0 nitrogen and oxygen atoms in total. The summed E-state index contributed by atoms with van der Waals surface area (Å²) in [6, 6.07) is 10.7. The first kappa shape index (κ1) is 10.0. The molecule has 0 bridgehead atoms. The van der Waals surface area contributed by atoms with Crippen molar-refractivity contribution in [2.45, 2.75) is 25.7 Å².